The molecule has 1 heterocycles. The van der Waals surface area contributed by atoms with E-state index < -0.39 is 5.54 Å². The summed E-state index contributed by atoms with van der Waals surface area (Å²) in [5, 5.41) is 3.28. The number of carbonyl (C=O) groups is 1. The maximum atomic E-state index is 13.0. The molecular weight excluding hydrogens is 271 g/mol. The van der Waals surface area contributed by atoms with Crippen molar-refractivity contribution in [2.24, 2.45) is 0 Å². The molecule has 0 unspecified atom stereocenters. The third-order valence-electron chi connectivity index (χ3n) is 4.05. The van der Waals surface area contributed by atoms with Crippen molar-refractivity contribution >= 4 is 11.7 Å². The van der Waals surface area contributed by atoms with Crippen LogP contribution in [0.4, 0.5) is 10.1 Å². The van der Waals surface area contributed by atoms with Crippen LogP contribution < -0.4 is 5.32 Å². The van der Waals surface area contributed by atoms with E-state index in [1.165, 1.54) is 12.1 Å². The lowest BCUT2D eigenvalue weighted by molar-refractivity contribution is -0.150. The van der Waals surface area contributed by atoms with Gasteiger partial charge in [0.05, 0.1) is 6.61 Å². The Morgan fingerprint density at radius 1 is 1.29 bits per heavy atom. The van der Waals surface area contributed by atoms with E-state index in [2.05, 4.69) is 17.1 Å². The minimum atomic E-state index is -0.709. The molecule has 1 aliphatic heterocycles. The minimum Gasteiger partial charge on any atom is -0.464 e. The SMILES string of the molecule is CCOC(=O)C1(Nc2ccc(F)cc2)CCN(CC)CC1. The molecule has 0 radical (unpaired) electrons. The van der Waals surface area contributed by atoms with Crippen molar-refractivity contribution in [2.75, 3.05) is 31.6 Å². The molecule has 2 rings (SSSR count). The van der Waals surface area contributed by atoms with Crippen LogP contribution in [0.5, 0.6) is 0 Å². The van der Waals surface area contributed by atoms with Gasteiger partial charge in [0, 0.05) is 18.8 Å². The summed E-state index contributed by atoms with van der Waals surface area (Å²) in [6.07, 6.45) is 1.38. The predicted molar refractivity (Wildman–Crippen MR) is 80.7 cm³/mol. The number of rotatable bonds is 5. The van der Waals surface area contributed by atoms with E-state index in [0.717, 1.165) is 25.3 Å². The number of esters is 1. The van der Waals surface area contributed by atoms with Gasteiger partial charge in [0.25, 0.3) is 0 Å². The molecule has 0 atom stereocenters. The van der Waals surface area contributed by atoms with Crippen LogP contribution in [-0.2, 0) is 9.53 Å². The van der Waals surface area contributed by atoms with E-state index in [4.69, 9.17) is 4.74 Å². The monoisotopic (exact) mass is 294 g/mol. The zero-order valence-corrected chi connectivity index (χ0v) is 12.7. The largest absolute Gasteiger partial charge is 0.464 e. The van der Waals surface area contributed by atoms with Crippen molar-refractivity contribution in [3.8, 4) is 0 Å². The van der Waals surface area contributed by atoms with Crippen LogP contribution in [0.3, 0.4) is 0 Å². The first kappa shape index (κ1) is 15.8. The molecule has 0 aromatic heterocycles. The first-order chi connectivity index (χ1) is 10.1. The highest BCUT2D eigenvalue weighted by Gasteiger charge is 2.42. The molecule has 1 aliphatic rings. The third kappa shape index (κ3) is 3.73. The van der Waals surface area contributed by atoms with Crippen LogP contribution >= 0.6 is 0 Å². The smallest absolute Gasteiger partial charge is 0.331 e. The zero-order valence-electron chi connectivity index (χ0n) is 12.7. The Labute approximate surface area is 125 Å². The number of piperidine rings is 1. The lowest BCUT2D eigenvalue weighted by atomic mass is 9.87. The van der Waals surface area contributed by atoms with E-state index in [1.807, 2.05) is 6.92 Å². The highest BCUT2D eigenvalue weighted by atomic mass is 19.1. The van der Waals surface area contributed by atoms with Gasteiger partial charge in [0.2, 0.25) is 0 Å². The van der Waals surface area contributed by atoms with Crippen molar-refractivity contribution in [3.05, 3.63) is 30.1 Å². The number of carbonyl (C=O) groups excluding carboxylic acids is 1. The molecule has 21 heavy (non-hydrogen) atoms. The van der Waals surface area contributed by atoms with Gasteiger partial charge in [-0.25, -0.2) is 9.18 Å². The Morgan fingerprint density at radius 3 is 2.43 bits per heavy atom. The Morgan fingerprint density at radius 2 is 1.90 bits per heavy atom. The summed E-state index contributed by atoms with van der Waals surface area (Å²) >= 11 is 0. The Balaban J connectivity index is 2.16. The second-order valence-electron chi connectivity index (χ2n) is 5.37. The van der Waals surface area contributed by atoms with Gasteiger partial charge >= 0.3 is 5.97 Å². The molecule has 4 nitrogen and oxygen atoms in total. The van der Waals surface area contributed by atoms with Gasteiger partial charge in [-0.3, -0.25) is 0 Å². The van der Waals surface area contributed by atoms with Crippen molar-refractivity contribution in [1.82, 2.24) is 4.90 Å². The van der Waals surface area contributed by atoms with Crippen molar-refractivity contribution < 1.29 is 13.9 Å². The predicted octanol–water partition coefficient (Wildman–Crippen LogP) is 2.66. The fourth-order valence-corrected chi connectivity index (χ4v) is 2.71. The van der Waals surface area contributed by atoms with Gasteiger partial charge < -0.3 is 15.0 Å². The molecule has 0 aliphatic carbocycles. The summed E-state index contributed by atoms with van der Waals surface area (Å²) in [6.45, 7) is 6.97. The molecule has 116 valence electrons. The second kappa shape index (κ2) is 6.89. The lowest BCUT2D eigenvalue weighted by Gasteiger charge is -2.40. The number of anilines is 1. The summed E-state index contributed by atoms with van der Waals surface area (Å²) in [4.78, 5) is 14.7. The topological polar surface area (TPSA) is 41.6 Å². The molecule has 5 heteroatoms. The van der Waals surface area contributed by atoms with Crippen LogP contribution in [0, 0.1) is 5.82 Å². The minimum absolute atomic E-state index is 0.218. The van der Waals surface area contributed by atoms with Crippen molar-refractivity contribution in [1.29, 1.82) is 0 Å². The highest BCUT2D eigenvalue weighted by molar-refractivity contribution is 5.84. The number of benzene rings is 1. The molecule has 1 fully saturated rings. The number of hydrogen-bond acceptors (Lipinski definition) is 4. The molecule has 0 spiro atoms. The Bertz CT molecular complexity index is 468. The van der Waals surface area contributed by atoms with E-state index in [9.17, 15) is 9.18 Å². The molecule has 1 aromatic carbocycles. The van der Waals surface area contributed by atoms with E-state index in [1.54, 1.807) is 12.1 Å². The zero-order chi connectivity index (χ0) is 15.3. The van der Waals surface area contributed by atoms with Gasteiger partial charge in [-0.05, 0) is 50.6 Å². The van der Waals surface area contributed by atoms with Gasteiger partial charge in [0.1, 0.15) is 11.4 Å². The van der Waals surface area contributed by atoms with Crippen LogP contribution in [0.15, 0.2) is 24.3 Å². The first-order valence-corrected chi connectivity index (χ1v) is 7.53. The highest BCUT2D eigenvalue weighted by Crippen LogP contribution is 2.28. The number of likely N-dealkylation sites (tertiary alicyclic amines) is 1. The van der Waals surface area contributed by atoms with E-state index in [0.29, 0.717) is 19.4 Å². The summed E-state index contributed by atoms with van der Waals surface area (Å²) in [7, 11) is 0. The second-order valence-corrected chi connectivity index (χ2v) is 5.37. The number of halogens is 1. The molecular formula is C16H23FN2O2. The number of nitrogens with one attached hydrogen (secondary N) is 1. The Kier molecular flexibility index (Phi) is 5.17. The standard InChI is InChI=1S/C16H23FN2O2/c1-3-19-11-9-16(10-12-19,15(20)21-4-2)18-14-7-5-13(17)6-8-14/h5-8,18H,3-4,9-12H2,1-2H3. The van der Waals surface area contributed by atoms with Crippen LogP contribution in [0.2, 0.25) is 0 Å². The summed E-state index contributed by atoms with van der Waals surface area (Å²) in [6, 6.07) is 6.09. The first-order valence-electron chi connectivity index (χ1n) is 7.53. The Hall–Kier alpha value is -1.62. The average molecular weight is 294 g/mol. The van der Waals surface area contributed by atoms with Gasteiger partial charge in [-0.2, -0.15) is 0 Å². The van der Waals surface area contributed by atoms with Crippen molar-refractivity contribution in [3.63, 3.8) is 0 Å². The van der Waals surface area contributed by atoms with E-state index >= 15 is 0 Å². The summed E-state index contributed by atoms with van der Waals surface area (Å²) in [5.41, 5.74) is 0.0360. The number of hydrogen-bond donors (Lipinski definition) is 1. The maximum absolute atomic E-state index is 13.0. The maximum Gasteiger partial charge on any atom is 0.331 e. The fraction of sp³-hybridized carbons (Fsp3) is 0.562. The quantitative estimate of drug-likeness (QED) is 0.848. The summed E-state index contributed by atoms with van der Waals surface area (Å²) < 4.78 is 18.3. The fourth-order valence-electron chi connectivity index (χ4n) is 2.71. The van der Waals surface area contributed by atoms with E-state index in [-0.39, 0.29) is 11.8 Å². The normalized spacial score (nSPS) is 18.2. The lowest BCUT2D eigenvalue weighted by Crippen LogP contribution is -2.55. The number of nitrogens with zero attached hydrogens (tertiary/aromatic N) is 1. The average Bonchev–Trinajstić information content (AvgIpc) is 2.50. The molecule has 0 bridgehead atoms. The summed E-state index contributed by atoms with van der Waals surface area (Å²) in [5.74, 6) is -0.503. The van der Waals surface area contributed by atoms with Gasteiger partial charge in [-0.1, -0.05) is 6.92 Å². The molecule has 0 amide bonds. The van der Waals surface area contributed by atoms with Crippen LogP contribution in [0.25, 0.3) is 0 Å². The number of ether oxygens (including phenoxy) is 1. The molecule has 1 N–H and O–H groups in total. The van der Waals surface area contributed by atoms with Crippen molar-refractivity contribution in [2.45, 2.75) is 32.2 Å². The molecule has 1 saturated heterocycles. The van der Waals surface area contributed by atoms with Gasteiger partial charge in [-0.15, -0.1) is 0 Å². The van der Waals surface area contributed by atoms with Gasteiger partial charge in [0.15, 0.2) is 0 Å². The molecule has 1 aromatic rings. The molecule has 0 saturated carbocycles. The third-order valence-corrected chi connectivity index (χ3v) is 4.05. The van der Waals surface area contributed by atoms with Crippen LogP contribution in [0.1, 0.15) is 26.7 Å². The van der Waals surface area contributed by atoms with Crippen LogP contribution in [-0.4, -0.2) is 42.6 Å².